The average molecular weight is 405 g/mol. The molecule has 0 saturated carbocycles. The zero-order valence-corrected chi connectivity index (χ0v) is 16.0. The van der Waals surface area contributed by atoms with Crippen LogP contribution in [0.2, 0.25) is 0 Å². The van der Waals surface area contributed by atoms with Crippen molar-refractivity contribution < 1.29 is 14.3 Å². The highest BCUT2D eigenvalue weighted by atomic mass is 79.9. The Balaban J connectivity index is 1.91. The Labute approximate surface area is 155 Å². The second-order valence-corrected chi connectivity index (χ2v) is 6.96. The first-order valence-corrected chi connectivity index (χ1v) is 8.76. The highest BCUT2D eigenvalue weighted by Gasteiger charge is 2.10. The van der Waals surface area contributed by atoms with E-state index in [0.29, 0.717) is 29.4 Å². The van der Waals surface area contributed by atoms with Crippen LogP contribution in [0.1, 0.15) is 40.1 Å². The monoisotopic (exact) mass is 404 g/mol. The molecule has 0 bridgehead atoms. The number of amides is 2. The van der Waals surface area contributed by atoms with Gasteiger partial charge in [-0.3, -0.25) is 20.4 Å². The number of hydrazine groups is 1. The maximum atomic E-state index is 12.1. The van der Waals surface area contributed by atoms with Crippen molar-refractivity contribution in [2.45, 2.75) is 20.8 Å². The Morgan fingerprint density at radius 1 is 1.00 bits per heavy atom. The van der Waals surface area contributed by atoms with Crippen molar-refractivity contribution in [1.29, 1.82) is 0 Å². The molecule has 0 saturated heterocycles. The van der Waals surface area contributed by atoms with Gasteiger partial charge in [0.1, 0.15) is 5.75 Å². The number of rotatable bonds is 5. The molecule has 2 amide bonds. The van der Waals surface area contributed by atoms with Crippen LogP contribution in [0, 0.1) is 12.8 Å². The molecule has 0 atom stereocenters. The summed E-state index contributed by atoms with van der Waals surface area (Å²) in [4.78, 5) is 24.2. The van der Waals surface area contributed by atoms with E-state index in [0.717, 1.165) is 10.0 Å². The molecule has 0 heterocycles. The summed E-state index contributed by atoms with van der Waals surface area (Å²) in [6.45, 7) is 6.68. The van der Waals surface area contributed by atoms with Gasteiger partial charge in [0.05, 0.1) is 6.61 Å². The van der Waals surface area contributed by atoms with E-state index in [-0.39, 0.29) is 5.91 Å². The van der Waals surface area contributed by atoms with Gasteiger partial charge in [0.25, 0.3) is 11.8 Å². The predicted octanol–water partition coefficient (Wildman–Crippen LogP) is 3.87. The summed E-state index contributed by atoms with van der Waals surface area (Å²) < 4.78 is 6.41. The van der Waals surface area contributed by atoms with Crippen LogP contribution < -0.4 is 15.6 Å². The van der Waals surface area contributed by atoms with Crippen molar-refractivity contribution in [1.82, 2.24) is 10.9 Å². The number of hydrogen-bond acceptors (Lipinski definition) is 3. The van der Waals surface area contributed by atoms with E-state index >= 15 is 0 Å². The van der Waals surface area contributed by atoms with E-state index in [1.807, 2.05) is 13.0 Å². The van der Waals surface area contributed by atoms with Crippen molar-refractivity contribution in [3.63, 3.8) is 0 Å². The van der Waals surface area contributed by atoms with Crippen LogP contribution in [0.4, 0.5) is 0 Å². The van der Waals surface area contributed by atoms with Crippen molar-refractivity contribution in [2.75, 3.05) is 6.61 Å². The number of hydrogen-bond donors (Lipinski definition) is 2. The van der Waals surface area contributed by atoms with Gasteiger partial charge >= 0.3 is 0 Å². The lowest BCUT2D eigenvalue weighted by atomic mass is 10.1. The van der Waals surface area contributed by atoms with E-state index in [2.05, 4.69) is 40.6 Å². The van der Waals surface area contributed by atoms with Crippen LogP contribution in [0.5, 0.6) is 5.75 Å². The van der Waals surface area contributed by atoms with E-state index in [1.165, 1.54) is 0 Å². The molecule has 2 N–H and O–H groups in total. The predicted molar refractivity (Wildman–Crippen MR) is 101 cm³/mol. The topological polar surface area (TPSA) is 67.4 Å². The van der Waals surface area contributed by atoms with Gasteiger partial charge < -0.3 is 4.74 Å². The van der Waals surface area contributed by atoms with Crippen LogP contribution in [0.25, 0.3) is 0 Å². The van der Waals surface area contributed by atoms with Crippen LogP contribution >= 0.6 is 15.9 Å². The van der Waals surface area contributed by atoms with Crippen LogP contribution in [0.3, 0.4) is 0 Å². The number of ether oxygens (including phenoxy) is 1. The molecule has 0 aromatic heterocycles. The van der Waals surface area contributed by atoms with Gasteiger partial charge in [0, 0.05) is 15.6 Å². The minimum atomic E-state index is -0.394. The number of aryl methyl sites for hydroxylation is 1. The molecule has 0 fully saturated rings. The minimum Gasteiger partial charge on any atom is -0.493 e. The third-order valence-corrected chi connectivity index (χ3v) is 4.28. The Morgan fingerprint density at radius 3 is 2.12 bits per heavy atom. The van der Waals surface area contributed by atoms with Gasteiger partial charge in [-0.1, -0.05) is 35.8 Å². The molecular formula is C19H21BrN2O3. The fourth-order valence-corrected chi connectivity index (χ4v) is 2.34. The number of carbonyl (C=O) groups excluding carboxylic acids is 2. The summed E-state index contributed by atoms with van der Waals surface area (Å²) in [6.07, 6.45) is 0. The molecule has 6 heteroatoms. The first kappa shape index (κ1) is 19.0. The summed E-state index contributed by atoms with van der Waals surface area (Å²) in [5, 5.41) is 0. The highest BCUT2D eigenvalue weighted by Crippen LogP contribution is 2.17. The number of nitrogens with one attached hydrogen (secondary N) is 2. The number of halogens is 1. The minimum absolute atomic E-state index is 0.383. The molecule has 2 aromatic rings. The molecule has 132 valence electrons. The summed E-state index contributed by atoms with van der Waals surface area (Å²) in [5.41, 5.74) is 6.73. The zero-order chi connectivity index (χ0) is 18.4. The van der Waals surface area contributed by atoms with Gasteiger partial charge in [0.15, 0.2) is 0 Å². The lowest BCUT2D eigenvalue weighted by Gasteiger charge is -2.10. The van der Waals surface area contributed by atoms with Crippen LogP contribution in [0.15, 0.2) is 46.9 Å². The van der Waals surface area contributed by atoms with Crippen molar-refractivity contribution in [3.05, 3.63) is 63.6 Å². The standard InChI is InChI=1S/C19H21BrN2O3/c1-12(2)11-25-16-8-6-14(7-9-16)18(23)21-22-19(24)15-5-4-13(3)17(20)10-15/h4-10,12H,11H2,1-3H3,(H,21,23)(H,22,24). The fraction of sp³-hybridized carbons (Fsp3) is 0.263. The largest absolute Gasteiger partial charge is 0.493 e. The van der Waals surface area contributed by atoms with Gasteiger partial charge in [-0.25, -0.2) is 0 Å². The molecule has 0 spiro atoms. The lowest BCUT2D eigenvalue weighted by molar-refractivity contribution is 0.0846. The SMILES string of the molecule is Cc1ccc(C(=O)NNC(=O)c2ccc(OCC(C)C)cc2)cc1Br. The first-order valence-electron chi connectivity index (χ1n) is 7.96. The summed E-state index contributed by atoms with van der Waals surface area (Å²) in [6, 6.07) is 12.0. The van der Waals surface area contributed by atoms with Crippen LogP contribution in [-0.4, -0.2) is 18.4 Å². The molecule has 5 nitrogen and oxygen atoms in total. The molecule has 25 heavy (non-hydrogen) atoms. The molecule has 0 unspecified atom stereocenters. The normalized spacial score (nSPS) is 10.4. The van der Waals surface area contributed by atoms with E-state index < -0.39 is 5.91 Å². The summed E-state index contributed by atoms with van der Waals surface area (Å²) in [7, 11) is 0. The summed E-state index contributed by atoms with van der Waals surface area (Å²) in [5.74, 6) is 0.361. The lowest BCUT2D eigenvalue weighted by Crippen LogP contribution is -2.41. The third kappa shape index (κ3) is 5.60. The quantitative estimate of drug-likeness (QED) is 0.743. The number of benzene rings is 2. The van der Waals surface area contributed by atoms with E-state index in [4.69, 9.17) is 4.74 Å². The first-order chi connectivity index (χ1) is 11.9. The third-order valence-electron chi connectivity index (χ3n) is 3.42. The summed E-state index contributed by atoms with van der Waals surface area (Å²) >= 11 is 3.38. The van der Waals surface area contributed by atoms with Gasteiger partial charge in [-0.2, -0.15) is 0 Å². The Morgan fingerprint density at radius 2 is 1.56 bits per heavy atom. The Kier molecular flexibility index (Phi) is 6.58. The van der Waals surface area contributed by atoms with Crippen molar-refractivity contribution in [3.8, 4) is 5.75 Å². The highest BCUT2D eigenvalue weighted by molar-refractivity contribution is 9.10. The zero-order valence-electron chi connectivity index (χ0n) is 14.4. The van der Waals surface area contributed by atoms with Gasteiger partial charge in [-0.05, 0) is 54.8 Å². The van der Waals surface area contributed by atoms with Gasteiger partial charge in [-0.15, -0.1) is 0 Å². The molecule has 0 aliphatic carbocycles. The fourth-order valence-electron chi connectivity index (χ4n) is 1.96. The van der Waals surface area contributed by atoms with Gasteiger partial charge in [0.2, 0.25) is 0 Å². The maximum absolute atomic E-state index is 12.1. The molecule has 0 aliphatic heterocycles. The van der Waals surface area contributed by atoms with Crippen molar-refractivity contribution in [2.24, 2.45) is 5.92 Å². The van der Waals surface area contributed by atoms with Crippen LogP contribution in [-0.2, 0) is 0 Å². The van der Waals surface area contributed by atoms with E-state index in [1.54, 1.807) is 36.4 Å². The van der Waals surface area contributed by atoms with E-state index in [9.17, 15) is 9.59 Å². The second-order valence-electron chi connectivity index (χ2n) is 6.10. The smallest absolute Gasteiger partial charge is 0.269 e. The Bertz CT molecular complexity index is 758. The molecule has 2 aromatic carbocycles. The maximum Gasteiger partial charge on any atom is 0.269 e. The molecular weight excluding hydrogens is 384 g/mol. The molecule has 0 radical (unpaired) electrons. The second kappa shape index (κ2) is 8.67. The number of carbonyl (C=O) groups is 2. The van der Waals surface area contributed by atoms with Crippen molar-refractivity contribution >= 4 is 27.7 Å². The molecule has 0 aliphatic rings. The average Bonchev–Trinajstić information content (AvgIpc) is 2.60. The Hall–Kier alpha value is -2.34. The molecule has 2 rings (SSSR count).